The Labute approximate surface area is 150 Å². The van der Waals surface area contributed by atoms with Gasteiger partial charge in [0.15, 0.2) is 0 Å². The van der Waals surface area contributed by atoms with Gasteiger partial charge in [0.1, 0.15) is 12.4 Å². The lowest BCUT2D eigenvalue weighted by molar-refractivity contribution is -0.119. The number of hydrazone groups is 1. The van der Waals surface area contributed by atoms with E-state index in [9.17, 15) is 17.6 Å². The molecule has 2 aromatic rings. The first-order valence-electron chi connectivity index (χ1n) is 7.07. The number of carbonyl (C=O) groups excluding carboxylic acids is 1. The van der Waals surface area contributed by atoms with E-state index in [-0.39, 0.29) is 5.69 Å². The molecule has 0 radical (unpaired) electrons. The minimum Gasteiger partial charge on any atom is -0.271 e. The van der Waals surface area contributed by atoms with E-state index in [1.54, 1.807) is 24.3 Å². The van der Waals surface area contributed by atoms with E-state index < -0.39 is 28.3 Å². The molecule has 2 aromatic carbocycles. The van der Waals surface area contributed by atoms with Crippen LogP contribution in [0.5, 0.6) is 0 Å². The molecular formula is C16H15ClFN3O3S. The number of nitrogens with one attached hydrogen (secondary N) is 1. The van der Waals surface area contributed by atoms with Gasteiger partial charge in [0.05, 0.1) is 18.2 Å². The highest BCUT2D eigenvalue weighted by molar-refractivity contribution is 7.92. The zero-order chi connectivity index (χ0) is 18.4. The van der Waals surface area contributed by atoms with Crippen LogP contribution in [0.4, 0.5) is 10.1 Å². The van der Waals surface area contributed by atoms with Crippen molar-refractivity contribution in [2.45, 2.75) is 0 Å². The predicted octanol–water partition coefficient (Wildman–Crippen LogP) is 2.40. The number of hydrogen-bond acceptors (Lipinski definition) is 4. The van der Waals surface area contributed by atoms with Crippen molar-refractivity contribution >= 4 is 39.4 Å². The number of carbonyl (C=O) groups is 1. The van der Waals surface area contributed by atoms with Gasteiger partial charge in [0.2, 0.25) is 10.0 Å². The van der Waals surface area contributed by atoms with Crippen molar-refractivity contribution in [3.8, 4) is 0 Å². The summed E-state index contributed by atoms with van der Waals surface area (Å²) in [5, 5.41) is 4.18. The number of hydrogen-bond donors (Lipinski definition) is 1. The maximum absolute atomic E-state index is 13.9. The molecule has 0 saturated carbocycles. The molecule has 0 saturated heterocycles. The van der Waals surface area contributed by atoms with Crippen molar-refractivity contribution in [3.63, 3.8) is 0 Å². The summed E-state index contributed by atoms with van der Waals surface area (Å²) in [4.78, 5) is 12.0. The minimum absolute atomic E-state index is 0.213. The highest BCUT2D eigenvalue weighted by atomic mass is 35.5. The second kappa shape index (κ2) is 8.09. The Bertz CT molecular complexity index is 903. The molecule has 0 aromatic heterocycles. The van der Waals surface area contributed by atoms with Gasteiger partial charge in [-0.15, -0.1) is 0 Å². The van der Waals surface area contributed by atoms with Crippen molar-refractivity contribution in [1.82, 2.24) is 5.43 Å². The van der Waals surface area contributed by atoms with Crippen molar-refractivity contribution < 1.29 is 17.6 Å². The van der Waals surface area contributed by atoms with Crippen LogP contribution in [-0.4, -0.2) is 33.3 Å². The fourth-order valence-electron chi connectivity index (χ4n) is 1.95. The highest BCUT2D eigenvalue weighted by Gasteiger charge is 2.23. The normalized spacial score (nSPS) is 11.5. The number of halogens is 2. The van der Waals surface area contributed by atoms with Crippen LogP contribution in [0, 0.1) is 5.82 Å². The van der Waals surface area contributed by atoms with Gasteiger partial charge in [-0.2, -0.15) is 5.10 Å². The van der Waals surface area contributed by atoms with E-state index in [1.807, 2.05) is 0 Å². The first-order valence-corrected chi connectivity index (χ1v) is 9.30. The monoisotopic (exact) mass is 383 g/mol. The number of amides is 1. The third-order valence-electron chi connectivity index (χ3n) is 3.11. The predicted molar refractivity (Wildman–Crippen MR) is 95.8 cm³/mol. The highest BCUT2D eigenvalue weighted by Crippen LogP contribution is 2.20. The molecule has 25 heavy (non-hydrogen) atoms. The fraction of sp³-hybridized carbons (Fsp3) is 0.125. The molecule has 0 fully saturated rings. The Morgan fingerprint density at radius 1 is 1.24 bits per heavy atom. The summed E-state index contributed by atoms with van der Waals surface area (Å²) >= 11 is 5.95. The maximum atomic E-state index is 13.9. The Balaban J connectivity index is 2.11. The van der Waals surface area contributed by atoms with Crippen LogP contribution in [0.25, 0.3) is 0 Å². The molecule has 0 aliphatic carbocycles. The van der Waals surface area contributed by atoms with Crippen molar-refractivity contribution in [2.24, 2.45) is 5.10 Å². The first kappa shape index (κ1) is 18.9. The minimum atomic E-state index is -3.86. The summed E-state index contributed by atoms with van der Waals surface area (Å²) in [5.74, 6) is -1.47. The molecule has 0 unspecified atom stereocenters. The second-order valence-electron chi connectivity index (χ2n) is 5.04. The summed E-state index contributed by atoms with van der Waals surface area (Å²) in [7, 11) is -3.86. The maximum Gasteiger partial charge on any atom is 0.260 e. The molecule has 0 spiro atoms. The summed E-state index contributed by atoms with van der Waals surface area (Å²) < 4.78 is 38.3. The van der Waals surface area contributed by atoms with Gasteiger partial charge in [-0.1, -0.05) is 41.9 Å². The number of anilines is 1. The summed E-state index contributed by atoms with van der Waals surface area (Å²) in [6, 6.07) is 12.1. The fourth-order valence-corrected chi connectivity index (χ4v) is 3.00. The quantitative estimate of drug-likeness (QED) is 0.614. The van der Waals surface area contributed by atoms with Crippen LogP contribution in [0.15, 0.2) is 53.6 Å². The van der Waals surface area contributed by atoms with E-state index in [4.69, 9.17) is 11.6 Å². The first-order chi connectivity index (χ1) is 11.8. The van der Waals surface area contributed by atoms with E-state index in [2.05, 4.69) is 10.5 Å². The lowest BCUT2D eigenvalue weighted by Crippen LogP contribution is -2.39. The number of para-hydroxylation sites is 1. The zero-order valence-electron chi connectivity index (χ0n) is 13.2. The van der Waals surface area contributed by atoms with E-state index in [1.165, 1.54) is 24.4 Å². The number of rotatable bonds is 6. The topological polar surface area (TPSA) is 78.8 Å². The third-order valence-corrected chi connectivity index (χ3v) is 4.58. The largest absolute Gasteiger partial charge is 0.271 e. The van der Waals surface area contributed by atoms with Crippen molar-refractivity contribution in [3.05, 3.63) is 64.9 Å². The molecule has 9 heteroatoms. The molecule has 132 valence electrons. The summed E-state index contributed by atoms with van der Waals surface area (Å²) in [6.07, 6.45) is 2.22. The molecule has 0 bridgehead atoms. The zero-order valence-corrected chi connectivity index (χ0v) is 14.8. The van der Waals surface area contributed by atoms with Crippen LogP contribution < -0.4 is 9.73 Å². The van der Waals surface area contributed by atoms with Crippen molar-refractivity contribution in [1.29, 1.82) is 0 Å². The van der Waals surface area contributed by atoms with Crippen LogP contribution in [0.3, 0.4) is 0 Å². The van der Waals surface area contributed by atoms with Gasteiger partial charge in [-0.3, -0.25) is 9.10 Å². The van der Waals surface area contributed by atoms with Gasteiger partial charge >= 0.3 is 0 Å². The van der Waals surface area contributed by atoms with Gasteiger partial charge in [0, 0.05) is 10.6 Å². The molecule has 0 aliphatic rings. The lowest BCUT2D eigenvalue weighted by Gasteiger charge is -2.21. The SMILES string of the molecule is CS(=O)(=O)N(CC(=O)N/N=C\c1ccccc1Cl)c1ccccc1F. The smallest absolute Gasteiger partial charge is 0.260 e. The Morgan fingerprint density at radius 2 is 1.88 bits per heavy atom. The third kappa shape index (κ3) is 5.27. The Morgan fingerprint density at radius 3 is 2.52 bits per heavy atom. The van der Waals surface area contributed by atoms with E-state index in [0.717, 1.165) is 12.3 Å². The van der Waals surface area contributed by atoms with Gasteiger partial charge < -0.3 is 0 Å². The van der Waals surface area contributed by atoms with Crippen LogP contribution >= 0.6 is 11.6 Å². The average Bonchev–Trinajstić information content (AvgIpc) is 2.54. The Kier molecular flexibility index (Phi) is 6.11. The molecule has 1 amide bonds. The molecule has 0 aliphatic heterocycles. The average molecular weight is 384 g/mol. The molecular weight excluding hydrogens is 369 g/mol. The molecule has 6 nitrogen and oxygen atoms in total. The molecule has 2 rings (SSSR count). The summed E-state index contributed by atoms with van der Waals surface area (Å²) in [5.41, 5.74) is 2.56. The molecule has 0 atom stereocenters. The van der Waals surface area contributed by atoms with Crippen LogP contribution in [0.2, 0.25) is 5.02 Å². The van der Waals surface area contributed by atoms with E-state index in [0.29, 0.717) is 14.9 Å². The second-order valence-corrected chi connectivity index (χ2v) is 7.35. The number of sulfonamides is 1. The van der Waals surface area contributed by atoms with Gasteiger partial charge in [-0.25, -0.2) is 18.2 Å². The summed E-state index contributed by atoms with van der Waals surface area (Å²) in [6.45, 7) is -0.611. The van der Waals surface area contributed by atoms with E-state index >= 15 is 0 Å². The van der Waals surface area contributed by atoms with Crippen LogP contribution in [-0.2, 0) is 14.8 Å². The lowest BCUT2D eigenvalue weighted by atomic mass is 10.2. The van der Waals surface area contributed by atoms with Crippen LogP contribution in [0.1, 0.15) is 5.56 Å². The Hall–Kier alpha value is -2.45. The van der Waals surface area contributed by atoms with Crippen molar-refractivity contribution in [2.75, 3.05) is 17.1 Å². The van der Waals surface area contributed by atoms with Gasteiger partial charge in [0.25, 0.3) is 5.91 Å². The molecule has 0 heterocycles. The number of benzene rings is 2. The molecule has 1 N–H and O–H groups in total. The number of nitrogens with zero attached hydrogens (tertiary/aromatic N) is 2. The van der Waals surface area contributed by atoms with Gasteiger partial charge in [-0.05, 0) is 18.2 Å². The standard InChI is InChI=1S/C16H15ClFN3O3S/c1-25(23,24)21(15-9-5-4-8-14(15)18)11-16(22)20-19-10-12-6-2-3-7-13(12)17/h2-10H,11H2,1H3,(H,20,22)/b19-10-.